The van der Waals surface area contributed by atoms with Crippen LogP contribution in [0.4, 0.5) is 0 Å². The highest BCUT2D eigenvalue weighted by Gasteiger charge is 2.69. The molecule has 4 bridgehead atoms. The van der Waals surface area contributed by atoms with Crippen molar-refractivity contribution in [1.29, 1.82) is 0 Å². The molecule has 1 saturated heterocycles. The number of cyclic esters (lactones) is 1. The second-order valence-corrected chi connectivity index (χ2v) is 11.7. The maximum atomic E-state index is 13.3. The van der Waals surface area contributed by atoms with Crippen LogP contribution in [0.1, 0.15) is 51.5 Å². The standard InChI is InChI=1S/C30H39NO9/c1-14-12-15(2)30-19(13-22(36-6)29(35)38-25(14)17(4)37-18(5)32)9-10-20-23(30)24(33)16(3)26(27(20)40-30)39-28(34)21-8-7-11-31-21/h7-12,14,16-17,19-20,22-27,31,33H,13H2,1-6H3/b15-12+/t14?,16-,17?,19?,20-,22+,23+,24?,25?,26-,27?,30?/m1/s1. The van der Waals surface area contributed by atoms with Crippen molar-refractivity contribution < 1.29 is 43.2 Å². The fourth-order valence-electron chi connectivity index (χ4n) is 7.46. The normalized spacial score (nSPS) is 42.6. The average Bonchev–Trinajstić information content (AvgIpc) is 3.50. The lowest BCUT2D eigenvalue weighted by atomic mass is 9.57. The summed E-state index contributed by atoms with van der Waals surface area (Å²) in [6, 6.07) is 3.36. The molecule has 0 amide bonds. The Morgan fingerprint density at radius 1 is 1.25 bits per heavy atom. The van der Waals surface area contributed by atoms with Crippen LogP contribution in [-0.2, 0) is 33.3 Å². The van der Waals surface area contributed by atoms with Gasteiger partial charge in [0.05, 0.1) is 6.10 Å². The molecule has 2 aliphatic carbocycles. The third kappa shape index (κ3) is 4.59. The molecule has 12 atom stereocenters. The first-order valence-electron chi connectivity index (χ1n) is 14.0. The number of aliphatic hydroxyl groups is 1. The molecule has 1 aromatic rings. The minimum atomic E-state index is -0.969. The van der Waals surface area contributed by atoms with Gasteiger partial charge in [-0.05, 0) is 38.0 Å². The molecular formula is C30H39NO9. The minimum Gasteiger partial charge on any atom is -0.459 e. The quantitative estimate of drug-likeness (QED) is 0.318. The molecule has 0 aromatic carbocycles. The second kappa shape index (κ2) is 10.8. The molecular weight excluding hydrogens is 518 g/mol. The number of carbonyl (C=O) groups is 3. The van der Waals surface area contributed by atoms with Gasteiger partial charge >= 0.3 is 17.9 Å². The molecule has 40 heavy (non-hydrogen) atoms. The highest BCUT2D eigenvalue weighted by atomic mass is 16.6. The second-order valence-electron chi connectivity index (χ2n) is 11.7. The maximum Gasteiger partial charge on any atom is 0.355 e. The number of ether oxygens (including phenoxy) is 5. The van der Waals surface area contributed by atoms with E-state index in [0.717, 1.165) is 5.57 Å². The Kier molecular flexibility index (Phi) is 7.71. The Morgan fingerprint density at radius 3 is 2.65 bits per heavy atom. The third-order valence-corrected chi connectivity index (χ3v) is 9.28. The number of aromatic nitrogens is 1. The zero-order chi connectivity index (χ0) is 28.9. The molecule has 218 valence electrons. The molecule has 1 spiro atoms. The van der Waals surface area contributed by atoms with E-state index in [1.807, 2.05) is 39.0 Å². The van der Waals surface area contributed by atoms with E-state index in [2.05, 4.69) is 4.98 Å². The van der Waals surface area contributed by atoms with E-state index >= 15 is 0 Å². The van der Waals surface area contributed by atoms with Gasteiger partial charge in [0, 0.05) is 49.8 Å². The van der Waals surface area contributed by atoms with Gasteiger partial charge in [0.1, 0.15) is 35.7 Å². The molecule has 5 rings (SSSR count). The van der Waals surface area contributed by atoms with Crippen LogP contribution in [-0.4, -0.2) is 77.3 Å². The number of carbonyl (C=O) groups excluding carboxylic acids is 3. The van der Waals surface area contributed by atoms with E-state index in [1.54, 1.807) is 25.3 Å². The number of hydrogen-bond donors (Lipinski definition) is 2. The van der Waals surface area contributed by atoms with E-state index < -0.39 is 66.1 Å². The molecule has 4 aliphatic rings. The molecule has 0 radical (unpaired) electrons. The first kappa shape index (κ1) is 28.6. The SMILES string of the molecule is CO[C@H]1CC2C=C[C@H]3C4OC2(/C(C)=C/C(C)C(C(C)OC(C)=O)OC1=O)[C@@H]3C(O)[C@@H](C)[C@H]4OC(=O)c1ccc[nH]1. The summed E-state index contributed by atoms with van der Waals surface area (Å²) in [5.74, 6) is -3.12. The molecule has 1 aromatic heterocycles. The first-order valence-corrected chi connectivity index (χ1v) is 14.0. The van der Waals surface area contributed by atoms with E-state index in [9.17, 15) is 19.5 Å². The van der Waals surface area contributed by atoms with Crippen LogP contribution in [0.2, 0.25) is 0 Å². The maximum absolute atomic E-state index is 13.3. The number of hydrogen-bond acceptors (Lipinski definition) is 9. The summed E-state index contributed by atoms with van der Waals surface area (Å²) in [6.45, 7) is 8.75. The number of rotatable bonds is 5. The Morgan fingerprint density at radius 2 is 2.00 bits per heavy atom. The predicted octanol–water partition coefficient (Wildman–Crippen LogP) is 2.97. The molecule has 10 nitrogen and oxygen atoms in total. The smallest absolute Gasteiger partial charge is 0.355 e. The summed E-state index contributed by atoms with van der Waals surface area (Å²) in [4.78, 5) is 40.8. The van der Waals surface area contributed by atoms with Crippen molar-refractivity contribution >= 4 is 17.9 Å². The molecule has 7 unspecified atom stereocenters. The van der Waals surface area contributed by atoms with Crippen LogP contribution in [0.5, 0.6) is 0 Å². The Labute approximate surface area is 234 Å². The number of nitrogens with one attached hydrogen (secondary N) is 1. The Balaban J connectivity index is 1.56. The summed E-state index contributed by atoms with van der Waals surface area (Å²) in [6.07, 6.45) is 3.58. The topological polar surface area (TPSA) is 133 Å². The van der Waals surface area contributed by atoms with Gasteiger partial charge in [0.2, 0.25) is 0 Å². The minimum absolute atomic E-state index is 0.200. The molecule has 2 N–H and O–H groups in total. The molecule has 1 saturated carbocycles. The van der Waals surface area contributed by atoms with Gasteiger partial charge in [-0.15, -0.1) is 0 Å². The lowest BCUT2D eigenvalue weighted by molar-refractivity contribution is -0.178. The number of H-pyrrole nitrogens is 1. The monoisotopic (exact) mass is 557 g/mol. The number of esters is 3. The van der Waals surface area contributed by atoms with Crippen LogP contribution >= 0.6 is 0 Å². The van der Waals surface area contributed by atoms with Crippen LogP contribution in [0.15, 0.2) is 42.1 Å². The summed E-state index contributed by atoms with van der Waals surface area (Å²) < 4.78 is 29.9. The van der Waals surface area contributed by atoms with Gasteiger partial charge in [-0.25, -0.2) is 9.59 Å². The molecule has 10 heteroatoms. The first-order chi connectivity index (χ1) is 19.0. The average molecular weight is 558 g/mol. The third-order valence-electron chi connectivity index (χ3n) is 9.28. The molecule has 2 fully saturated rings. The van der Waals surface area contributed by atoms with Crippen LogP contribution < -0.4 is 0 Å². The fraction of sp³-hybridized carbons (Fsp3) is 0.633. The van der Waals surface area contributed by atoms with Gasteiger partial charge in [-0.3, -0.25) is 4.79 Å². The van der Waals surface area contributed by atoms with Gasteiger partial charge in [0.15, 0.2) is 6.10 Å². The van der Waals surface area contributed by atoms with Gasteiger partial charge in [-0.2, -0.15) is 0 Å². The summed E-state index contributed by atoms with van der Waals surface area (Å²) in [5.41, 5.74) is 0.236. The van der Waals surface area contributed by atoms with Crippen molar-refractivity contribution in [2.24, 2.45) is 29.6 Å². The predicted molar refractivity (Wildman–Crippen MR) is 142 cm³/mol. The van der Waals surface area contributed by atoms with Crippen molar-refractivity contribution in [3.05, 3.63) is 47.8 Å². The lowest BCUT2D eigenvalue weighted by Crippen LogP contribution is -2.57. The van der Waals surface area contributed by atoms with E-state index in [0.29, 0.717) is 5.69 Å². The largest absolute Gasteiger partial charge is 0.459 e. The van der Waals surface area contributed by atoms with Crippen molar-refractivity contribution in [2.75, 3.05) is 7.11 Å². The summed E-state index contributed by atoms with van der Waals surface area (Å²) in [7, 11) is 1.46. The molecule has 3 heterocycles. The number of aromatic amines is 1. The van der Waals surface area contributed by atoms with Gasteiger partial charge < -0.3 is 33.8 Å². The van der Waals surface area contributed by atoms with Crippen molar-refractivity contribution in [2.45, 2.75) is 83.3 Å². The van der Waals surface area contributed by atoms with Crippen molar-refractivity contribution in [1.82, 2.24) is 4.98 Å². The van der Waals surface area contributed by atoms with Crippen LogP contribution in [0, 0.1) is 29.6 Å². The van der Waals surface area contributed by atoms with E-state index in [1.165, 1.54) is 14.0 Å². The highest BCUT2D eigenvalue weighted by molar-refractivity contribution is 5.87. The Hall–Kier alpha value is -2.95. The molecule has 2 aliphatic heterocycles. The fourth-order valence-corrected chi connectivity index (χ4v) is 7.46. The zero-order valence-electron chi connectivity index (χ0n) is 23.7. The van der Waals surface area contributed by atoms with Gasteiger partial charge in [0.25, 0.3) is 0 Å². The van der Waals surface area contributed by atoms with Crippen LogP contribution in [0.3, 0.4) is 0 Å². The van der Waals surface area contributed by atoms with Crippen molar-refractivity contribution in [3.8, 4) is 0 Å². The van der Waals surface area contributed by atoms with Gasteiger partial charge in [-0.1, -0.05) is 32.1 Å². The van der Waals surface area contributed by atoms with E-state index in [4.69, 9.17) is 23.7 Å². The summed E-state index contributed by atoms with van der Waals surface area (Å²) in [5, 5.41) is 11.8. The number of aliphatic hydroxyl groups excluding tert-OH is 1. The summed E-state index contributed by atoms with van der Waals surface area (Å²) >= 11 is 0. The van der Waals surface area contributed by atoms with E-state index in [-0.39, 0.29) is 30.1 Å². The number of methoxy groups -OCH3 is 1. The zero-order valence-corrected chi connectivity index (χ0v) is 23.7. The lowest BCUT2D eigenvalue weighted by Gasteiger charge is -2.48. The van der Waals surface area contributed by atoms with Crippen molar-refractivity contribution in [3.63, 3.8) is 0 Å². The Bertz CT molecular complexity index is 1190. The highest BCUT2D eigenvalue weighted by Crippen LogP contribution is 2.61. The van der Waals surface area contributed by atoms with Crippen LogP contribution in [0.25, 0.3) is 0 Å².